The average Bonchev–Trinajstić information content (AvgIpc) is 2.92. The van der Waals surface area contributed by atoms with Crippen LogP contribution in [-0.2, 0) is 9.59 Å². The van der Waals surface area contributed by atoms with Gasteiger partial charge in [-0.15, -0.1) is 0 Å². The van der Waals surface area contributed by atoms with Crippen LogP contribution >= 0.6 is 0 Å². The maximum absolute atomic E-state index is 9.55. The van der Waals surface area contributed by atoms with E-state index in [1.54, 1.807) is 0 Å². The van der Waals surface area contributed by atoms with Crippen molar-refractivity contribution in [1.82, 2.24) is 4.90 Å². The van der Waals surface area contributed by atoms with Gasteiger partial charge in [-0.2, -0.15) is 0 Å². The Morgan fingerprint density at radius 3 is 1.75 bits per heavy atom. The predicted octanol–water partition coefficient (Wildman–Crippen LogP) is 4.95. The number of carboxylic acid groups (broad SMARTS) is 2. The van der Waals surface area contributed by atoms with E-state index in [0.29, 0.717) is 17.7 Å². The molecule has 0 bridgehead atoms. The second-order valence-electron chi connectivity index (χ2n) is 9.36. The highest BCUT2D eigenvalue weighted by Gasteiger charge is 2.46. The normalized spacial score (nSPS) is 22.2. The highest BCUT2D eigenvalue weighted by atomic mass is 16.4. The summed E-state index contributed by atoms with van der Waals surface area (Å²) < 4.78 is 0. The van der Waals surface area contributed by atoms with Crippen molar-refractivity contribution in [3.63, 3.8) is 0 Å². The lowest BCUT2D eigenvalue weighted by Crippen LogP contribution is -2.65. The third-order valence-corrected chi connectivity index (χ3v) is 7.38. The van der Waals surface area contributed by atoms with Crippen LogP contribution in [0.2, 0.25) is 0 Å². The summed E-state index contributed by atoms with van der Waals surface area (Å²) in [5, 5.41) is 15.6. The van der Waals surface area contributed by atoms with E-state index in [-0.39, 0.29) is 0 Å². The summed E-state index contributed by atoms with van der Waals surface area (Å²) in [6.45, 7) is 3.91. The minimum Gasteiger partial charge on any atom is -0.478 e. The van der Waals surface area contributed by atoms with Gasteiger partial charge in [0.25, 0.3) is 0 Å². The van der Waals surface area contributed by atoms with E-state index in [1.165, 1.54) is 96.0 Å². The standard InChI is InChI=1S/C22H34N2.C4H4O4/c1-2-4-7-11-20(10-6-3-1)23-17-14-22(15-18-23)16-19-24(22)21-12-8-5-9-13-21;5-3(6)1-2-4(7)8/h5,8-9,12-13,20H,1-4,6-7,10-11,14-19H2;1-2H,(H,5,6)(H,7,8). The van der Waals surface area contributed by atoms with Gasteiger partial charge in [-0.25, -0.2) is 9.59 Å². The topological polar surface area (TPSA) is 81.1 Å². The summed E-state index contributed by atoms with van der Waals surface area (Å²) in [6.07, 6.45) is 17.0. The van der Waals surface area contributed by atoms with Crippen molar-refractivity contribution < 1.29 is 19.8 Å². The molecule has 6 nitrogen and oxygen atoms in total. The second kappa shape index (κ2) is 12.0. The van der Waals surface area contributed by atoms with Crippen molar-refractivity contribution >= 4 is 17.6 Å². The first-order valence-electron chi connectivity index (χ1n) is 12.2. The number of carbonyl (C=O) groups is 2. The highest BCUT2D eigenvalue weighted by molar-refractivity contribution is 5.89. The first-order valence-corrected chi connectivity index (χ1v) is 12.2. The summed E-state index contributed by atoms with van der Waals surface area (Å²) >= 11 is 0. The molecule has 1 saturated carbocycles. The third kappa shape index (κ3) is 6.83. The van der Waals surface area contributed by atoms with E-state index in [4.69, 9.17) is 10.2 Å². The second-order valence-corrected chi connectivity index (χ2v) is 9.36. The number of hydrogen-bond acceptors (Lipinski definition) is 4. The molecule has 6 heteroatoms. The predicted molar refractivity (Wildman–Crippen MR) is 127 cm³/mol. The molecule has 0 radical (unpaired) electrons. The molecule has 2 heterocycles. The Kier molecular flexibility index (Phi) is 9.15. The van der Waals surface area contributed by atoms with Crippen molar-refractivity contribution in [3.05, 3.63) is 42.5 Å². The molecular formula is C26H38N2O4. The zero-order valence-electron chi connectivity index (χ0n) is 19.1. The van der Waals surface area contributed by atoms with Crippen molar-refractivity contribution in [1.29, 1.82) is 0 Å². The van der Waals surface area contributed by atoms with Crippen LogP contribution in [0.15, 0.2) is 42.5 Å². The van der Waals surface area contributed by atoms with Gasteiger partial charge >= 0.3 is 11.9 Å². The maximum Gasteiger partial charge on any atom is 0.328 e. The fourth-order valence-corrected chi connectivity index (χ4v) is 5.50. The van der Waals surface area contributed by atoms with E-state index in [2.05, 4.69) is 40.1 Å². The molecule has 3 aliphatic rings. The fraction of sp³-hybridized carbons (Fsp3) is 0.615. The number of piperidine rings is 1. The van der Waals surface area contributed by atoms with Gasteiger partial charge in [0.05, 0.1) is 0 Å². The minimum absolute atomic E-state index is 0.483. The van der Waals surface area contributed by atoms with Crippen LogP contribution < -0.4 is 4.90 Å². The zero-order chi connectivity index (χ0) is 22.8. The van der Waals surface area contributed by atoms with Crippen LogP contribution in [0.5, 0.6) is 0 Å². The van der Waals surface area contributed by atoms with Gasteiger partial charge in [-0.1, -0.05) is 56.7 Å². The van der Waals surface area contributed by atoms with Crippen LogP contribution in [0.25, 0.3) is 0 Å². The first-order chi connectivity index (χ1) is 15.5. The van der Waals surface area contributed by atoms with Crippen LogP contribution in [-0.4, -0.2) is 58.3 Å². The van der Waals surface area contributed by atoms with Crippen molar-refractivity contribution in [2.24, 2.45) is 0 Å². The van der Waals surface area contributed by atoms with E-state index < -0.39 is 11.9 Å². The lowest BCUT2D eigenvalue weighted by molar-refractivity contribution is -0.134. The van der Waals surface area contributed by atoms with Gasteiger partial charge < -0.3 is 20.0 Å². The molecule has 32 heavy (non-hydrogen) atoms. The largest absolute Gasteiger partial charge is 0.478 e. The first kappa shape index (κ1) is 24.3. The molecule has 1 aromatic rings. The van der Waals surface area contributed by atoms with Gasteiger partial charge in [0, 0.05) is 49.1 Å². The number of carboxylic acids is 2. The number of aliphatic carboxylic acids is 2. The van der Waals surface area contributed by atoms with Crippen LogP contribution in [0.4, 0.5) is 5.69 Å². The fourth-order valence-electron chi connectivity index (χ4n) is 5.50. The molecule has 2 aliphatic heterocycles. The Morgan fingerprint density at radius 1 is 0.781 bits per heavy atom. The molecule has 1 aliphatic carbocycles. The zero-order valence-corrected chi connectivity index (χ0v) is 19.1. The molecule has 1 spiro atoms. The maximum atomic E-state index is 9.55. The molecule has 176 valence electrons. The Labute approximate surface area is 191 Å². The van der Waals surface area contributed by atoms with Crippen LogP contribution in [0.1, 0.15) is 70.6 Å². The summed E-state index contributed by atoms with van der Waals surface area (Å²) in [6, 6.07) is 12.0. The number of para-hydroxylation sites is 1. The summed E-state index contributed by atoms with van der Waals surface area (Å²) in [7, 11) is 0. The molecule has 2 saturated heterocycles. The molecular weight excluding hydrogens is 404 g/mol. The number of hydrogen-bond donors (Lipinski definition) is 2. The average molecular weight is 443 g/mol. The number of anilines is 1. The number of likely N-dealkylation sites (tertiary alicyclic amines) is 1. The van der Waals surface area contributed by atoms with E-state index in [9.17, 15) is 9.59 Å². The smallest absolute Gasteiger partial charge is 0.328 e. The number of benzene rings is 1. The minimum atomic E-state index is -1.26. The van der Waals surface area contributed by atoms with Crippen molar-refractivity contribution in [2.75, 3.05) is 24.5 Å². The van der Waals surface area contributed by atoms with Crippen molar-refractivity contribution in [3.8, 4) is 0 Å². The van der Waals surface area contributed by atoms with Crippen LogP contribution in [0.3, 0.4) is 0 Å². The van der Waals surface area contributed by atoms with Gasteiger partial charge in [-0.3, -0.25) is 0 Å². The van der Waals surface area contributed by atoms with Crippen LogP contribution in [0, 0.1) is 0 Å². The molecule has 3 fully saturated rings. The Morgan fingerprint density at radius 2 is 1.28 bits per heavy atom. The molecule has 1 aromatic carbocycles. The molecule has 4 rings (SSSR count). The Hall–Kier alpha value is -2.34. The summed E-state index contributed by atoms with van der Waals surface area (Å²) in [4.78, 5) is 24.7. The number of nitrogens with zero attached hydrogens (tertiary/aromatic N) is 2. The van der Waals surface area contributed by atoms with Gasteiger partial charge in [0.1, 0.15) is 0 Å². The summed E-state index contributed by atoms with van der Waals surface area (Å²) in [5.41, 5.74) is 1.93. The highest BCUT2D eigenvalue weighted by Crippen LogP contribution is 2.43. The molecule has 0 unspecified atom stereocenters. The van der Waals surface area contributed by atoms with E-state index in [1.807, 2.05) is 0 Å². The lowest BCUT2D eigenvalue weighted by atomic mass is 9.75. The molecule has 0 atom stereocenters. The van der Waals surface area contributed by atoms with Gasteiger partial charge in [0.2, 0.25) is 0 Å². The monoisotopic (exact) mass is 442 g/mol. The Bertz CT molecular complexity index is 730. The van der Waals surface area contributed by atoms with Gasteiger partial charge in [0.15, 0.2) is 0 Å². The molecule has 0 amide bonds. The molecule has 2 N–H and O–H groups in total. The van der Waals surface area contributed by atoms with E-state index in [0.717, 1.165) is 6.04 Å². The Balaban J connectivity index is 0.000000312. The quantitative estimate of drug-likeness (QED) is 0.643. The molecule has 0 aromatic heterocycles. The van der Waals surface area contributed by atoms with E-state index >= 15 is 0 Å². The lowest BCUT2D eigenvalue weighted by Gasteiger charge is -2.58. The SMILES string of the molecule is O=C(O)C=CC(=O)O.c1ccc(N2CCC23CCN(C2CCCCCCCC2)CC3)cc1. The van der Waals surface area contributed by atoms with Gasteiger partial charge in [-0.05, 0) is 44.2 Å². The van der Waals surface area contributed by atoms with Crippen molar-refractivity contribution in [2.45, 2.75) is 82.2 Å². The summed E-state index contributed by atoms with van der Waals surface area (Å²) in [5.74, 6) is -2.51. The number of rotatable bonds is 4. The third-order valence-electron chi connectivity index (χ3n) is 7.38.